The number of para-hydroxylation sites is 1. The van der Waals surface area contributed by atoms with Crippen LogP contribution in [0.5, 0.6) is 0 Å². The maximum absolute atomic E-state index is 12.5. The predicted molar refractivity (Wildman–Crippen MR) is 104 cm³/mol. The third-order valence-corrected chi connectivity index (χ3v) is 4.64. The van der Waals surface area contributed by atoms with Gasteiger partial charge in [0.05, 0.1) is 17.7 Å². The Hall–Kier alpha value is -2.62. The number of nitrogens with one attached hydrogen (secondary N) is 2. The number of anilines is 1. The Bertz CT molecular complexity index is 812. The number of fused-ring (bicyclic) bond motifs is 1. The van der Waals surface area contributed by atoms with E-state index in [9.17, 15) is 9.59 Å². The summed E-state index contributed by atoms with van der Waals surface area (Å²) in [6.07, 6.45) is 5.03. The monoisotopic (exact) mass is 350 g/mol. The van der Waals surface area contributed by atoms with Crippen molar-refractivity contribution >= 4 is 17.5 Å². The quantitative estimate of drug-likeness (QED) is 0.860. The maximum Gasteiger partial charge on any atom is 0.253 e. The molecule has 2 aromatic rings. The average molecular weight is 350 g/mol. The molecule has 4 nitrogen and oxygen atoms in total. The number of rotatable bonds is 5. The van der Waals surface area contributed by atoms with Crippen LogP contribution in [0.4, 0.5) is 5.69 Å². The number of carbonyl (C=O) groups is 2. The summed E-state index contributed by atoms with van der Waals surface area (Å²) in [6, 6.07) is 13.5. The van der Waals surface area contributed by atoms with Crippen LogP contribution in [0.2, 0.25) is 0 Å². The molecule has 136 valence electrons. The molecule has 2 aromatic carbocycles. The molecule has 26 heavy (non-hydrogen) atoms. The highest BCUT2D eigenvalue weighted by atomic mass is 16.2. The number of amides is 2. The van der Waals surface area contributed by atoms with Gasteiger partial charge in [0, 0.05) is 6.04 Å². The first-order valence-corrected chi connectivity index (χ1v) is 9.33. The van der Waals surface area contributed by atoms with Crippen molar-refractivity contribution in [2.24, 2.45) is 0 Å². The molecule has 0 heterocycles. The van der Waals surface area contributed by atoms with Crippen molar-refractivity contribution in [3.8, 4) is 0 Å². The summed E-state index contributed by atoms with van der Waals surface area (Å²) < 4.78 is 0. The van der Waals surface area contributed by atoms with Gasteiger partial charge in [-0.1, -0.05) is 30.3 Å². The van der Waals surface area contributed by atoms with E-state index in [1.165, 1.54) is 24.0 Å². The molecule has 0 fully saturated rings. The van der Waals surface area contributed by atoms with E-state index in [2.05, 4.69) is 22.8 Å². The summed E-state index contributed by atoms with van der Waals surface area (Å²) in [6.45, 7) is 3.82. The van der Waals surface area contributed by atoms with E-state index >= 15 is 0 Å². The van der Waals surface area contributed by atoms with E-state index in [0.717, 1.165) is 18.4 Å². The normalized spacial score (nSPS) is 13.2. The molecule has 3 rings (SSSR count). The minimum absolute atomic E-state index is 0.0433. The molecule has 2 amide bonds. The molecule has 4 heteroatoms. The van der Waals surface area contributed by atoms with Crippen LogP contribution in [0.1, 0.15) is 53.7 Å². The Balaban J connectivity index is 1.70. The van der Waals surface area contributed by atoms with Gasteiger partial charge in [0.15, 0.2) is 0 Å². The molecule has 0 atom stereocenters. The summed E-state index contributed by atoms with van der Waals surface area (Å²) in [5.41, 5.74) is 4.84. The second-order valence-electron chi connectivity index (χ2n) is 7.21. The average Bonchev–Trinajstić information content (AvgIpc) is 2.61. The minimum Gasteiger partial charge on any atom is -0.350 e. The Labute approximate surface area is 155 Å². The van der Waals surface area contributed by atoms with E-state index in [1.54, 1.807) is 18.2 Å². The van der Waals surface area contributed by atoms with Crippen LogP contribution in [0.15, 0.2) is 42.5 Å². The lowest BCUT2D eigenvalue weighted by Crippen LogP contribution is -2.31. The number of hydrogen-bond acceptors (Lipinski definition) is 2. The van der Waals surface area contributed by atoms with Crippen LogP contribution in [0.3, 0.4) is 0 Å². The summed E-state index contributed by atoms with van der Waals surface area (Å²) >= 11 is 0. The molecule has 2 N–H and O–H groups in total. The Morgan fingerprint density at radius 1 is 1.00 bits per heavy atom. The Kier molecular flexibility index (Phi) is 5.71. The summed E-state index contributed by atoms with van der Waals surface area (Å²) in [5, 5.41) is 5.76. The van der Waals surface area contributed by atoms with Crippen LogP contribution in [0.25, 0.3) is 0 Å². The molecule has 0 unspecified atom stereocenters. The molecule has 0 aromatic heterocycles. The lowest BCUT2D eigenvalue weighted by molar-refractivity contribution is -0.115. The van der Waals surface area contributed by atoms with Gasteiger partial charge in [-0.15, -0.1) is 0 Å². The van der Waals surface area contributed by atoms with E-state index < -0.39 is 0 Å². The zero-order valence-electron chi connectivity index (χ0n) is 15.5. The fourth-order valence-corrected chi connectivity index (χ4v) is 3.41. The van der Waals surface area contributed by atoms with Crippen LogP contribution in [0, 0.1) is 0 Å². The molecular weight excluding hydrogens is 324 g/mol. The topological polar surface area (TPSA) is 58.2 Å². The van der Waals surface area contributed by atoms with Gasteiger partial charge >= 0.3 is 0 Å². The number of carbonyl (C=O) groups excluding carboxylic acids is 2. The Morgan fingerprint density at radius 3 is 2.50 bits per heavy atom. The van der Waals surface area contributed by atoms with Crippen LogP contribution >= 0.6 is 0 Å². The van der Waals surface area contributed by atoms with E-state index in [4.69, 9.17) is 0 Å². The zero-order chi connectivity index (χ0) is 18.5. The van der Waals surface area contributed by atoms with Gasteiger partial charge in [0.1, 0.15) is 0 Å². The lowest BCUT2D eigenvalue weighted by atomic mass is 9.90. The predicted octanol–water partition coefficient (Wildman–Crippen LogP) is 3.88. The molecule has 0 aliphatic heterocycles. The van der Waals surface area contributed by atoms with Gasteiger partial charge in [-0.25, -0.2) is 0 Å². The van der Waals surface area contributed by atoms with E-state index in [0.29, 0.717) is 17.7 Å². The van der Waals surface area contributed by atoms with Crippen LogP contribution < -0.4 is 10.6 Å². The first-order chi connectivity index (χ1) is 12.5. The third kappa shape index (κ3) is 4.51. The largest absolute Gasteiger partial charge is 0.350 e. The van der Waals surface area contributed by atoms with Crippen molar-refractivity contribution in [2.75, 3.05) is 5.32 Å². The molecule has 0 bridgehead atoms. The van der Waals surface area contributed by atoms with Crippen LogP contribution in [-0.2, 0) is 24.1 Å². The van der Waals surface area contributed by atoms with Crippen molar-refractivity contribution < 1.29 is 9.59 Å². The molecule has 0 saturated heterocycles. The number of benzene rings is 2. The minimum atomic E-state index is -0.176. The molecule has 0 radical (unpaired) electrons. The van der Waals surface area contributed by atoms with Gasteiger partial charge in [0.2, 0.25) is 5.91 Å². The summed E-state index contributed by atoms with van der Waals surface area (Å²) in [5.74, 6) is -0.282. The van der Waals surface area contributed by atoms with Crippen LogP contribution in [-0.4, -0.2) is 17.9 Å². The molecule has 1 aliphatic rings. The second kappa shape index (κ2) is 8.17. The maximum atomic E-state index is 12.5. The first-order valence-electron chi connectivity index (χ1n) is 9.33. The van der Waals surface area contributed by atoms with Crippen molar-refractivity contribution in [3.63, 3.8) is 0 Å². The van der Waals surface area contributed by atoms with Gasteiger partial charge in [-0.2, -0.15) is 0 Å². The standard InChI is InChI=1S/C22H26N2O2/c1-15(2)23-22(26)19-9-5-6-10-20(19)24-21(25)14-16-11-12-17-7-3-4-8-18(17)13-16/h5-6,9-13,15H,3-4,7-8,14H2,1-2H3,(H,23,26)(H,24,25). The van der Waals surface area contributed by atoms with Crippen molar-refractivity contribution in [1.82, 2.24) is 5.32 Å². The zero-order valence-corrected chi connectivity index (χ0v) is 15.5. The lowest BCUT2D eigenvalue weighted by Gasteiger charge is -2.17. The third-order valence-electron chi connectivity index (χ3n) is 4.64. The van der Waals surface area contributed by atoms with Gasteiger partial charge in [-0.05, 0) is 68.4 Å². The fraction of sp³-hybridized carbons (Fsp3) is 0.364. The summed E-state index contributed by atoms with van der Waals surface area (Å²) in [4.78, 5) is 24.8. The van der Waals surface area contributed by atoms with Gasteiger partial charge < -0.3 is 10.6 Å². The number of hydrogen-bond donors (Lipinski definition) is 2. The molecule has 1 aliphatic carbocycles. The first kappa shape index (κ1) is 18.2. The smallest absolute Gasteiger partial charge is 0.253 e. The highest BCUT2D eigenvalue weighted by molar-refractivity contribution is 6.04. The van der Waals surface area contributed by atoms with Gasteiger partial charge in [0.25, 0.3) is 5.91 Å². The number of aryl methyl sites for hydroxylation is 2. The van der Waals surface area contributed by atoms with E-state index in [1.807, 2.05) is 26.0 Å². The Morgan fingerprint density at radius 2 is 1.73 bits per heavy atom. The SMILES string of the molecule is CC(C)NC(=O)c1ccccc1NC(=O)Cc1ccc2c(c1)CCCC2. The van der Waals surface area contributed by atoms with Crippen molar-refractivity contribution in [1.29, 1.82) is 0 Å². The summed E-state index contributed by atoms with van der Waals surface area (Å²) in [7, 11) is 0. The highest BCUT2D eigenvalue weighted by Gasteiger charge is 2.15. The van der Waals surface area contributed by atoms with Crippen molar-refractivity contribution in [2.45, 2.75) is 52.0 Å². The molecule has 0 spiro atoms. The fourth-order valence-electron chi connectivity index (χ4n) is 3.41. The molecule has 0 saturated carbocycles. The van der Waals surface area contributed by atoms with Crippen molar-refractivity contribution in [3.05, 3.63) is 64.7 Å². The molecular formula is C22H26N2O2. The highest BCUT2D eigenvalue weighted by Crippen LogP contribution is 2.23. The van der Waals surface area contributed by atoms with Gasteiger partial charge in [-0.3, -0.25) is 9.59 Å². The second-order valence-corrected chi connectivity index (χ2v) is 7.21. The van der Waals surface area contributed by atoms with E-state index in [-0.39, 0.29) is 17.9 Å².